The molecule has 3 aromatic carbocycles. The zero-order valence-electron chi connectivity index (χ0n) is 18.6. The summed E-state index contributed by atoms with van der Waals surface area (Å²) in [6.45, 7) is 1.81. The van der Waals surface area contributed by atoms with E-state index in [0.29, 0.717) is 0 Å². The number of carbonyl (C=O) groups is 2. The molecule has 0 saturated heterocycles. The number of hydrogen-bond acceptors (Lipinski definition) is 5. The van der Waals surface area contributed by atoms with Gasteiger partial charge in [0.25, 0.3) is 5.91 Å². The van der Waals surface area contributed by atoms with Gasteiger partial charge in [0.1, 0.15) is 0 Å². The van der Waals surface area contributed by atoms with Gasteiger partial charge in [-0.2, -0.15) is 13.2 Å². The third-order valence-corrected chi connectivity index (χ3v) is 6.73. The molecule has 3 rings (SSSR count). The number of nitrogens with one attached hydrogen (secondary N) is 1. The minimum absolute atomic E-state index is 0.0535. The quantitative estimate of drug-likeness (QED) is 0.430. The van der Waals surface area contributed by atoms with E-state index in [9.17, 15) is 31.2 Å². The molecule has 0 heterocycles. The van der Waals surface area contributed by atoms with E-state index in [1.54, 1.807) is 30.3 Å². The fourth-order valence-electron chi connectivity index (χ4n) is 3.15. The molecule has 3 aromatic rings. The van der Waals surface area contributed by atoms with Gasteiger partial charge in [-0.25, -0.2) is 8.42 Å². The molecule has 0 radical (unpaired) electrons. The molecule has 1 atom stereocenters. The molecule has 1 amide bonds. The molecule has 35 heavy (non-hydrogen) atoms. The minimum Gasteiger partial charge on any atom is -0.447 e. The van der Waals surface area contributed by atoms with Gasteiger partial charge in [0.05, 0.1) is 22.6 Å². The molecular weight excluding hydrogens is 483 g/mol. The van der Waals surface area contributed by atoms with Crippen molar-refractivity contribution in [2.75, 3.05) is 11.1 Å². The second-order valence-electron chi connectivity index (χ2n) is 7.73. The summed E-state index contributed by atoms with van der Waals surface area (Å²) in [7, 11) is -3.77. The van der Waals surface area contributed by atoms with Crippen molar-refractivity contribution >= 4 is 27.4 Å². The third-order valence-electron chi connectivity index (χ3n) is 5.00. The largest absolute Gasteiger partial charge is 0.447 e. The van der Waals surface area contributed by atoms with Crippen LogP contribution in [0.2, 0.25) is 0 Å². The molecule has 0 aliphatic heterocycles. The van der Waals surface area contributed by atoms with E-state index in [1.165, 1.54) is 30.3 Å². The van der Waals surface area contributed by atoms with Crippen LogP contribution in [0.3, 0.4) is 0 Å². The average molecular weight is 506 g/mol. The van der Waals surface area contributed by atoms with Gasteiger partial charge < -0.3 is 10.1 Å². The van der Waals surface area contributed by atoms with Crippen molar-refractivity contribution < 1.29 is 35.9 Å². The molecule has 1 N–H and O–H groups in total. The Hall–Kier alpha value is -3.66. The number of hydrogen-bond donors (Lipinski definition) is 1. The average Bonchev–Trinajstić information content (AvgIpc) is 2.82. The van der Waals surface area contributed by atoms with E-state index in [4.69, 9.17) is 4.74 Å². The number of rotatable bonds is 8. The first-order valence-corrected chi connectivity index (χ1v) is 12.1. The van der Waals surface area contributed by atoms with Crippen LogP contribution in [-0.4, -0.2) is 26.0 Å². The molecule has 0 aliphatic carbocycles. The van der Waals surface area contributed by atoms with Gasteiger partial charge in [-0.05, 0) is 37.3 Å². The van der Waals surface area contributed by atoms with E-state index in [2.05, 4.69) is 5.32 Å². The molecule has 1 unspecified atom stereocenters. The number of sulfone groups is 1. The summed E-state index contributed by atoms with van der Waals surface area (Å²) in [5, 5.41) is 2.33. The SMILES string of the molecule is Cc1ccc(S(=O)(=O)CCC(=O)OC(C(=O)Nc2cccc(C(F)(F)F)c2)c2ccccc2)cc1. The molecule has 0 aliphatic rings. The number of esters is 1. The fraction of sp³-hybridized carbons (Fsp3) is 0.200. The molecule has 184 valence electrons. The lowest BCUT2D eigenvalue weighted by atomic mass is 10.1. The lowest BCUT2D eigenvalue weighted by Crippen LogP contribution is -2.26. The molecule has 10 heteroatoms. The van der Waals surface area contributed by atoms with Crippen LogP contribution in [0.15, 0.2) is 83.8 Å². The van der Waals surface area contributed by atoms with Gasteiger partial charge >= 0.3 is 12.1 Å². The van der Waals surface area contributed by atoms with Gasteiger partial charge in [0.15, 0.2) is 9.84 Å². The Morgan fingerprint density at radius 3 is 2.23 bits per heavy atom. The smallest absolute Gasteiger partial charge is 0.416 e. The number of aryl methyl sites for hydroxylation is 1. The third kappa shape index (κ3) is 7.16. The van der Waals surface area contributed by atoms with Gasteiger partial charge in [-0.15, -0.1) is 0 Å². The summed E-state index contributed by atoms with van der Waals surface area (Å²) in [6, 6.07) is 18.0. The van der Waals surface area contributed by atoms with E-state index < -0.39 is 51.7 Å². The topological polar surface area (TPSA) is 89.5 Å². The number of amides is 1. The van der Waals surface area contributed by atoms with Gasteiger partial charge in [-0.1, -0.05) is 54.1 Å². The number of halogens is 3. The number of carbonyl (C=O) groups excluding carboxylic acids is 2. The first kappa shape index (κ1) is 26.0. The molecule has 6 nitrogen and oxygen atoms in total. The van der Waals surface area contributed by atoms with Crippen LogP contribution in [0.25, 0.3) is 0 Å². The Balaban J connectivity index is 1.74. The Morgan fingerprint density at radius 1 is 0.943 bits per heavy atom. The molecule has 0 bridgehead atoms. The van der Waals surface area contributed by atoms with Crippen molar-refractivity contribution in [3.63, 3.8) is 0 Å². The van der Waals surface area contributed by atoms with Crippen molar-refractivity contribution in [2.24, 2.45) is 0 Å². The van der Waals surface area contributed by atoms with Crippen molar-refractivity contribution in [3.05, 3.63) is 95.6 Å². The molecule has 0 fully saturated rings. The summed E-state index contributed by atoms with van der Waals surface area (Å²) in [6.07, 6.45) is -6.62. The number of anilines is 1. The predicted octanol–water partition coefficient (Wildman–Crippen LogP) is 5.10. The summed E-state index contributed by atoms with van der Waals surface area (Å²) in [4.78, 5) is 25.4. The lowest BCUT2D eigenvalue weighted by molar-refractivity contribution is -0.154. The molecule has 0 spiro atoms. The van der Waals surface area contributed by atoms with E-state index >= 15 is 0 Å². The fourth-order valence-corrected chi connectivity index (χ4v) is 4.38. The van der Waals surface area contributed by atoms with Crippen LogP contribution < -0.4 is 5.32 Å². The van der Waals surface area contributed by atoms with E-state index in [-0.39, 0.29) is 16.1 Å². The second kappa shape index (κ2) is 10.7. The molecule has 0 aromatic heterocycles. The monoisotopic (exact) mass is 505 g/mol. The highest BCUT2D eigenvalue weighted by molar-refractivity contribution is 7.91. The summed E-state index contributed by atoms with van der Waals surface area (Å²) in [5.74, 6) is -2.37. The standard InChI is InChI=1S/C25H22F3NO5S/c1-17-10-12-21(13-11-17)35(32,33)15-14-22(30)34-23(18-6-3-2-4-7-18)24(31)29-20-9-5-8-19(16-20)25(26,27)28/h2-13,16,23H,14-15H2,1H3,(H,29,31). The highest BCUT2D eigenvalue weighted by Gasteiger charge is 2.31. The van der Waals surface area contributed by atoms with Crippen molar-refractivity contribution in [1.82, 2.24) is 0 Å². The Bertz CT molecular complexity index is 1290. The van der Waals surface area contributed by atoms with Crippen LogP contribution in [0, 0.1) is 6.92 Å². The molecular formula is C25H22F3NO5S. The first-order valence-electron chi connectivity index (χ1n) is 10.5. The molecule has 0 saturated carbocycles. The normalized spacial score (nSPS) is 12.6. The Labute approximate surface area is 200 Å². The number of alkyl halides is 3. The second-order valence-corrected chi connectivity index (χ2v) is 9.84. The van der Waals surface area contributed by atoms with E-state index in [1.807, 2.05) is 6.92 Å². The van der Waals surface area contributed by atoms with Crippen molar-refractivity contribution in [2.45, 2.75) is 30.5 Å². The summed E-state index contributed by atoms with van der Waals surface area (Å²) < 4.78 is 69.3. The van der Waals surface area contributed by atoms with Gasteiger partial charge in [0.2, 0.25) is 6.10 Å². The van der Waals surface area contributed by atoms with Crippen molar-refractivity contribution in [3.8, 4) is 0 Å². The van der Waals surface area contributed by atoms with Crippen LogP contribution in [-0.2, 0) is 30.3 Å². The Kier molecular flexibility index (Phi) is 7.96. The maximum absolute atomic E-state index is 13.0. The van der Waals surface area contributed by atoms with Crippen LogP contribution >= 0.6 is 0 Å². The Morgan fingerprint density at radius 2 is 1.60 bits per heavy atom. The zero-order chi connectivity index (χ0) is 25.6. The highest BCUT2D eigenvalue weighted by Crippen LogP contribution is 2.31. The summed E-state index contributed by atoms with van der Waals surface area (Å²) >= 11 is 0. The number of ether oxygens (including phenoxy) is 1. The highest BCUT2D eigenvalue weighted by atomic mass is 32.2. The maximum Gasteiger partial charge on any atom is 0.416 e. The van der Waals surface area contributed by atoms with E-state index in [0.717, 1.165) is 23.8 Å². The predicted molar refractivity (Wildman–Crippen MR) is 123 cm³/mol. The van der Waals surface area contributed by atoms with Gasteiger partial charge in [-0.3, -0.25) is 9.59 Å². The lowest BCUT2D eigenvalue weighted by Gasteiger charge is -2.18. The zero-order valence-corrected chi connectivity index (χ0v) is 19.4. The maximum atomic E-state index is 13.0. The van der Waals surface area contributed by atoms with Crippen LogP contribution in [0.1, 0.15) is 29.2 Å². The number of benzene rings is 3. The van der Waals surface area contributed by atoms with Gasteiger partial charge in [0, 0.05) is 11.3 Å². The first-order chi connectivity index (χ1) is 16.5. The van der Waals surface area contributed by atoms with Crippen molar-refractivity contribution in [1.29, 1.82) is 0 Å². The minimum atomic E-state index is -4.60. The van der Waals surface area contributed by atoms with Crippen LogP contribution in [0.4, 0.5) is 18.9 Å². The van der Waals surface area contributed by atoms with Crippen LogP contribution in [0.5, 0.6) is 0 Å². The summed E-state index contributed by atoms with van der Waals surface area (Å²) in [5.41, 5.74) is 0.0567.